The van der Waals surface area contributed by atoms with Crippen LogP contribution in [-0.2, 0) is 11.4 Å². The maximum Gasteiger partial charge on any atom is 0.137 e. The largest absolute Gasteiger partial charge is 0.598 e. The Kier molecular flexibility index (Phi) is 5.20. The Hall–Kier alpha value is -0.140. The second-order valence-corrected chi connectivity index (χ2v) is 7.93. The molecule has 3 N–H and O–H groups in total. The Labute approximate surface area is 119 Å². The number of hydrogen-bond donors (Lipinski definition) is 2. The van der Waals surface area contributed by atoms with Gasteiger partial charge in [0.2, 0.25) is 0 Å². The molecule has 0 aliphatic carbocycles. The third-order valence-electron chi connectivity index (χ3n) is 2.47. The topological polar surface area (TPSA) is 61.1 Å². The van der Waals surface area contributed by atoms with Gasteiger partial charge in [-0.05, 0) is 51.0 Å². The monoisotopic (exact) mass is 336 g/mol. The van der Waals surface area contributed by atoms with Crippen LogP contribution in [0.4, 0.5) is 4.39 Å². The number of halogens is 2. The summed E-state index contributed by atoms with van der Waals surface area (Å²) in [5, 5.41) is 0. The van der Waals surface area contributed by atoms with E-state index < -0.39 is 22.3 Å². The minimum absolute atomic E-state index is 0.374. The third-order valence-corrected chi connectivity index (χ3v) is 4.88. The highest BCUT2D eigenvalue weighted by Gasteiger charge is 2.29. The van der Waals surface area contributed by atoms with Crippen molar-refractivity contribution in [3.05, 3.63) is 33.5 Å². The van der Waals surface area contributed by atoms with E-state index in [2.05, 4.69) is 20.7 Å². The van der Waals surface area contributed by atoms with E-state index in [1.165, 1.54) is 12.1 Å². The van der Waals surface area contributed by atoms with Crippen LogP contribution in [0.5, 0.6) is 0 Å². The van der Waals surface area contributed by atoms with Crippen LogP contribution in [0.3, 0.4) is 0 Å². The summed E-state index contributed by atoms with van der Waals surface area (Å²) in [6.07, 6.45) is -0.669. The summed E-state index contributed by atoms with van der Waals surface area (Å²) in [6, 6.07) is 2.74. The molecule has 102 valence electrons. The molecule has 0 amide bonds. The number of benzene rings is 1. The first-order valence-electron chi connectivity index (χ1n) is 5.52. The average molecular weight is 337 g/mol. The van der Waals surface area contributed by atoms with Gasteiger partial charge in [-0.1, -0.05) is 15.9 Å². The maximum atomic E-state index is 13.4. The fraction of sp³-hybridized carbons (Fsp3) is 0.500. The Morgan fingerprint density at radius 1 is 1.44 bits per heavy atom. The predicted molar refractivity (Wildman–Crippen MR) is 76.8 cm³/mol. The van der Waals surface area contributed by atoms with E-state index in [4.69, 9.17) is 5.73 Å². The van der Waals surface area contributed by atoms with Crippen molar-refractivity contribution in [2.45, 2.75) is 38.6 Å². The zero-order valence-corrected chi connectivity index (χ0v) is 13.3. The number of nitrogens with two attached hydrogens (primary N) is 1. The first-order chi connectivity index (χ1) is 8.12. The van der Waals surface area contributed by atoms with Gasteiger partial charge in [0.25, 0.3) is 0 Å². The molecule has 18 heavy (non-hydrogen) atoms. The summed E-state index contributed by atoms with van der Waals surface area (Å²) in [5.41, 5.74) is 7.37. The number of nitrogens with one attached hydrogen (secondary N) is 1. The smallest absolute Gasteiger partial charge is 0.137 e. The van der Waals surface area contributed by atoms with Crippen molar-refractivity contribution in [1.29, 1.82) is 0 Å². The molecule has 0 aromatic heterocycles. The van der Waals surface area contributed by atoms with Gasteiger partial charge in [-0.3, -0.25) is 0 Å². The number of hydrogen-bond acceptors (Lipinski definition) is 3. The SMILES string of the molecule is Cc1c(Br)cc(F)cc1[C@@H](N)N[S@@+]([O-])C(C)(C)C. The Balaban J connectivity index is 2.95. The molecule has 2 atom stereocenters. The molecule has 0 spiro atoms. The van der Waals surface area contributed by atoms with Crippen LogP contribution in [-0.4, -0.2) is 9.30 Å². The van der Waals surface area contributed by atoms with Crippen LogP contribution in [0, 0.1) is 12.7 Å². The molecule has 0 radical (unpaired) electrons. The van der Waals surface area contributed by atoms with Gasteiger partial charge in [0.15, 0.2) is 0 Å². The first-order valence-corrected chi connectivity index (χ1v) is 7.46. The van der Waals surface area contributed by atoms with Gasteiger partial charge in [-0.25, -0.2) is 4.39 Å². The standard InChI is InChI=1S/C12H18BrFN2OS/c1-7-9(5-8(14)6-10(7)13)11(15)16-18(17)12(2,3)4/h5-6,11,16H,15H2,1-4H3/t11-,18-/m0/s1. The second kappa shape index (κ2) is 5.88. The summed E-state index contributed by atoms with van der Waals surface area (Å²) < 4.78 is 28.3. The van der Waals surface area contributed by atoms with E-state index in [0.717, 1.165) is 5.56 Å². The summed E-state index contributed by atoms with van der Waals surface area (Å²) in [5.74, 6) is -0.374. The molecule has 0 aliphatic heterocycles. The van der Waals surface area contributed by atoms with Crippen LogP contribution < -0.4 is 10.5 Å². The molecule has 0 saturated heterocycles. The quantitative estimate of drug-likeness (QED) is 0.659. The van der Waals surface area contributed by atoms with Crippen LogP contribution >= 0.6 is 15.9 Å². The zero-order chi connectivity index (χ0) is 14.1. The Morgan fingerprint density at radius 3 is 2.50 bits per heavy atom. The van der Waals surface area contributed by atoms with Crippen molar-refractivity contribution in [2.75, 3.05) is 0 Å². The lowest BCUT2D eigenvalue weighted by molar-refractivity contribution is 0.525. The van der Waals surface area contributed by atoms with E-state index in [0.29, 0.717) is 10.0 Å². The van der Waals surface area contributed by atoms with Crippen molar-refractivity contribution in [3.8, 4) is 0 Å². The van der Waals surface area contributed by atoms with Crippen LogP contribution in [0.2, 0.25) is 0 Å². The van der Waals surface area contributed by atoms with Gasteiger partial charge < -0.3 is 10.3 Å². The van der Waals surface area contributed by atoms with Gasteiger partial charge in [0.1, 0.15) is 16.7 Å². The van der Waals surface area contributed by atoms with Gasteiger partial charge in [-0.15, -0.1) is 4.72 Å². The third kappa shape index (κ3) is 3.93. The van der Waals surface area contributed by atoms with E-state index in [1.807, 2.05) is 27.7 Å². The minimum Gasteiger partial charge on any atom is -0.598 e. The van der Waals surface area contributed by atoms with Crippen molar-refractivity contribution >= 4 is 27.3 Å². The minimum atomic E-state index is -1.30. The second-order valence-electron chi connectivity index (χ2n) is 5.08. The first kappa shape index (κ1) is 15.9. The van der Waals surface area contributed by atoms with Gasteiger partial charge in [0.05, 0.1) is 0 Å². The van der Waals surface area contributed by atoms with Crippen molar-refractivity contribution < 1.29 is 8.94 Å². The molecule has 3 nitrogen and oxygen atoms in total. The van der Waals surface area contributed by atoms with E-state index in [9.17, 15) is 8.94 Å². The molecule has 1 aromatic rings. The highest BCUT2D eigenvalue weighted by molar-refractivity contribution is 9.10. The van der Waals surface area contributed by atoms with Crippen LogP contribution in [0.25, 0.3) is 0 Å². The molecule has 1 rings (SSSR count). The summed E-state index contributed by atoms with van der Waals surface area (Å²) in [4.78, 5) is 0. The van der Waals surface area contributed by atoms with E-state index >= 15 is 0 Å². The van der Waals surface area contributed by atoms with E-state index in [1.54, 1.807) is 0 Å². The van der Waals surface area contributed by atoms with Gasteiger partial charge >= 0.3 is 0 Å². The lowest BCUT2D eigenvalue weighted by Gasteiger charge is -2.27. The van der Waals surface area contributed by atoms with Crippen LogP contribution in [0.15, 0.2) is 16.6 Å². The van der Waals surface area contributed by atoms with Crippen molar-refractivity contribution in [1.82, 2.24) is 4.72 Å². The summed E-state index contributed by atoms with van der Waals surface area (Å²) >= 11 is 1.97. The highest BCUT2D eigenvalue weighted by Crippen LogP contribution is 2.25. The molecular weight excluding hydrogens is 319 g/mol. The molecule has 0 fully saturated rings. The molecule has 0 unspecified atom stereocenters. The van der Waals surface area contributed by atoms with Gasteiger partial charge in [0, 0.05) is 15.8 Å². The zero-order valence-electron chi connectivity index (χ0n) is 10.9. The summed E-state index contributed by atoms with van der Waals surface area (Å²) in [6.45, 7) is 7.37. The van der Waals surface area contributed by atoms with Crippen molar-refractivity contribution in [3.63, 3.8) is 0 Å². The van der Waals surface area contributed by atoms with Crippen LogP contribution in [0.1, 0.15) is 38.1 Å². The van der Waals surface area contributed by atoms with Gasteiger partial charge in [-0.2, -0.15) is 0 Å². The molecule has 0 bridgehead atoms. The number of rotatable bonds is 3. The Bertz CT molecular complexity index is 437. The van der Waals surface area contributed by atoms with Crippen molar-refractivity contribution in [2.24, 2.45) is 5.73 Å². The average Bonchev–Trinajstić information content (AvgIpc) is 2.21. The van der Waals surface area contributed by atoms with E-state index in [-0.39, 0.29) is 5.82 Å². The molecule has 6 heteroatoms. The Morgan fingerprint density at radius 2 is 2.00 bits per heavy atom. The molecule has 1 aromatic carbocycles. The predicted octanol–water partition coefficient (Wildman–Crippen LogP) is 2.91. The fourth-order valence-corrected chi connectivity index (χ4v) is 2.50. The maximum absolute atomic E-state index is 13.4. The molecule has 0 aliphatic rings. The highest BCUT2D eigenvalue weighted by atomic mass is 79.9. The fourth-order valence-electron chi connectivity index (χ4n) is 1.34. The lowest BCUT2D eigenvalue weighted by atomic mass is 10.1. The molecule has 0 saturated carbocycles. The normalized spacial score (nSPS) is 15.6. The molecular formula is C12H18BrFN2OS. The lowest BCUT2D eigenvalue weighted by Crippen LogP contribution is -2.44. The molecule has 0 heterocycles. The summed E-state index contributed by atoms with van der Waals surface area (Å²) in [7, 11) is 0.